The van der Waals surface area contributed by atoms with Gasteiger partial charge in [-0.1, -0.05) is 20.3 Å². The Morgan fingerprint density at radius 3 is 2.22 bits per heavy atom. The molecule has 0 aromatic heterocycles. The zero-order chi connectivity index (χ0) is 7.44. The Bertz CT molecular complexity index is 103. The van der Waals surface area contributed by atoms with Crippen LogP contribution in [0.4, 0.5) is 0 Å². The largest absolute Gasteiger partial charge is 0.280 e. The predicted molar refractivity (Wildman–Crippen MR) is 40.0 cm³/mol. The predicted octanol–water partition coefficient (Wildman–Crippen LogP) is 2.41. The van der Waals surface area contributed by atoms with E-state index < -0.39 is 10.6 Å². The number of halogens is 2. The van der Waals surface area contributed by atoms with Gasteiger partial charge in [-0.05, 0) is 17.5 Å². The van der Waals surface area contributed by atoms with Gasteiger partial charge in [0, 0.05) is 0 Å². The Labute approximate surface area is 65.3 Å². The van der Waals surface area contributed by atoms with Gasteiger partial charge in [-0.25, -0.2) is 0 Å². The van der Waals surface area contributed by atoms with E-state index in [1.165, 1.54) is 0 Å². The molecule has 0 aromatic carbocycles. The van der Waals surface area contributed by atoms with E-state index in [-0.39, 0.29) is 5.92 Å². The summed E-state index contributed by atoms with van der Waals surface area (Å²) in [4.78, 5) is 10.4. The maximum atomic E-state index is 10.4. The third-order valence-corrected chi connectivity index (χ3v) is 2.34. The monoisotopic (exact) mass is 168 g/mol. The third-order valence-electron chi connectivity index (χ3n) is 1.36. The van der Waals surface area contributed by atoms with Gasteiger partial charge in [0.05, 0.1) is 0 Å². The second kappa shape index (κ2) is 4.13. The topological polar surface area (TPSA) is 17.1 Å². The van der Waals surface area contributed by atoms with Crippen molar-refractivity contribution in [3.63, 3.8) is 0 Å². The van der Waals surface area contributed by atoms with Crippen LogP contribution in [0.25, 0.3) is 0 Å². The van der Waals surface area contributed by atoms with Crippen molar-refractivity contribution in [1.29, 1.82) is 0 Å². The lowest BCUT2D eigenvalue weighted by Crippen LogP contribution is -2.16. The van der Waals surface area contributed by atoms with E-state index in [1.807, 2.05) is 13.8 Å². The Morgan fingerprint density at radius 2 is 2.11 bits per heavy atom. The van der Waals surface area contributed by atoms with Gasteiger partial charge in [0.15, 0.2) is 0 Å². The number of alkyl halides is 1. The van der Waals surface area contributed by atoms with Crippen LogP contribution >= 0.6 is 23.2 Å². The Kier molecular flexibility index (Phi) is 4.24. The van der Waals surface area contributed by atoms with E-state index in [9.17, 15) is 4.79 Å². The minimum Gasteiger partial charge on any atom is -0.280 e. The Balaban J connectivity index is 3.72. The molecule has 0 radical (unpaired) electrons. The summed E-state index contributed by atoms with van der Waals surface area (Å²) in [6.07, 6.45) is 0.882. The van der Waals surface area contributed by atoms with Crippen LogP contribution < -0.4 is 0 Å². The second-order valence-electron chi connectivity index (χ2n) is 2.09. The minimum atomic E-state index is -0.517. The molecule has 0 aromatic rings. The minimum absolute atomic E-state index is 0.177. The number of carbonyl (C=O) groups is 1. The maximum Gasteiger partial charge on any atom is 0.239 e. The quantitative estimate of drug-likeness (QED) is 0.468. The maximum absolute atomic E-state index is 10.4. The van der Waals surface area contributed by atoms with E-state index in [0.717, 1.165) is 6.42 Å². The zero-order valence-corrected chi connectivity index (χ0v) is 7.04. The molecule has 0 N–H and O–H groups in total. The van der Waals surface area contributed by atoms with Gasteiger partial charge in [-0.3, -0.25) is 4.79 Å². The zero-order valence-electron chi connectivity index (χ0n) is 5.53. The second-order valence-corrected chi connectivity index (χ2v) is 2.93. The first-order valence-corrected chi connectivity index (χ1v) is 3.74. The van der Waals surface area contributed by atoms with Crippen LogP contribution in [0.15, 0.2) is 0 Å². The Morgan fingerprint density at radius 1 is 1.67 bits per heavy atom. The van der Waals surface area contributed by atoms with Crippen LogP contribution in [-0.4, -0.2) is 10.6 Å². The van der Waals surface area contributed by atoms with Crippen molar-refractivity contribution in [3.05, 3.63) is 0 Å². The molecule has 0 fully saturated rings. The molecule has 0 aliphatic carbocycles. The molecule has 0 aliphatic rings. The first kappa shape index (κ1) is 9.25. The summed E-state index contributed by atoms with van der Waals surface area (Å²) in [5, 5.41) is -0.970. The summed E-state index contributed by atoms with van der Waals surface area (Å²) in [5.41, 5.74) is 0. The molecule has 2 unspecified atom stereocenters. The Hall–Kier alpha value is 0.250. The van der Waals surface area contributed by atoms with Crippen molar-refractivity contribution < 1.29 is 4.79 Å². The molecule has 0 rings (SSSR count). The number of hydrogen-bond acceptors (Lipinski definition) is 1. The van der Waals surface area contributed by atoms with Crippen LogP contribution in [0, 0.1) is 5.92 Å². The average molecular weight is 169 g/mol. The van der Waals surface area contributed by atoms with E-state index in [1.54, 1.807) is 0 Å². The highest BCUT2D eigenvalue weighted by atomic mass is 35.5. The van der Waals surface area contributed by atoms with Crippen molar-refractivity contribution in [2.45, 2.75) is 25.6 Å². The fraction of sp³-hybridized carbons (Fsp3) is 0.833. The van der Waals surface area contributed by atoms with E-state index in [2.05, 4.69) is 0 Å². The van der Waals surface area contributed by atoms with Gasteiger partial charge in [0.1, 0.15) is 5.38 Å². The fourth-order valence-corrected chi connectivity index (χ4v) is 0.824. The average Bonchev–Trinajstić information content (AvgIpc) is 1.84. The summed E-state index contributed by atoms with van der Waals surface area (Å²) in [7, 11) is 0. The molecule has 3 heteroatoms. The molecule has 0 spiro atoms. The van der Waals surface area contributed by atoms with Crippen molar-refractivity contribution in [2.24, 2.45) is 5.92 Å². The van der Waals surface area contributed by atoms with Crippen molar-refractivity contribution in [2.75, 3.05) is 0 Å². The highest BCUT2D eigenvalue weighted by Gasteiger charge is 2.18. The first-order valence-electron chi connectivity index (χ1n) is 2.93. The van der Waals surface area contributed by atoms with Crippen molar-refractivity contribution >= 4 is 28.4 Å². The SMILES string of the molecule is CCC(C)C(Cl)C(=O)Cl. The van der Waals surface area contributed by atoms with E-state index in [4.69, 9.17) is 23.2 Å². The van der Waals surface area contributed by atoms with Gasteiger partial charge >= 0.3 is 0 Å². The summed E-state index contributed by atoms with van der Waals surface area (Å²) in [6, 6.07) is 0. The summed E-state index contributed by atoms with van der Waals surface area (Å²) < 4.78 is 0. The molecular weight excluding hydrogens is 159 g/mol. The molecule has 0 saturated carbocycles. The van der Waals surface area contributed by atoms with Gasteiger partial charge in [0.2, 0.25) is 5.24 Å². The van der Waals surface area contributed by atoms with Crippen molar-refractivity contribution in [1.82, 2.24) is 0 Å². The number of hydrogen-bond donors (Lipinski definition) is 0. The number of carbonyl (C=O) groups excluding carboxylic acids is 1. The van der Waals surface area contributed by atoms with Crippen LogP contribution in [0.5, 0.6) is 0 Å². The molecule has 0 bridgehead atoms. The molecule has 0 amide bonds. The molecule has 9 heavy (non-hydrogen) atoms. The van der Waals surface area contributed by atoms with Crippen LogP contribution in [0.1, 0.15) is 20.3 Å². The van der Waals surface area contributed by atoms with Gasteiger partial charge in [-0.15, -0.1) is 11.6 Å². The smallest absolute Gasteiger partial charge is 0.239 e. The molecular formula is C6H10Cl2O. The highest BCUT2D eigenvalue weighted by Crippen LogP contribution is 2.15. The van der Waals surface area contributed by atoms with E-state index >= 15 is 0 Å². The van der Waals surface area contributed by atoms with Gasteiger partial charge in [-0.2, -0.15) is 0 Å². The first-order chi connectivity index (χ1) is 4.09. The molecule has 0 heterocycles. The summed E-state index contributed by atoms with van der Waals surface area (Å²) in [6.45, 7) is 3.87. The normalized spacial score (nSPS) is 16.9. The standard InChI is InChI=1S/C6H10Cl2O/c1-3-4(2)5(7)6(8)9/h4-5H,3H2,1-2H3. The lowest BCUT2D eigenvalue weighted by atomic mass is 10.1. The van der Waals surface area contributed by atoms with Gasteiger partial charge in [0.25, 0.3) is 0 Å². The fourth-order valence-electron chi connectivity index (χ4n) is 0.431. The van der Waals surface area contributed by atoms with E-state index in [0.29, 0.717) is 0 Å². The third kappa shape index (κ3) is 3.07. The molecule has 54 valence electrons. The number of rotatable bonds is 3. The molecule has 0 saturated heterocycles. The molecule has 2 atom stereocenters. The van der Waals surface area contributed by atoms with Crippen LogP contribution in [0.3, 0.4) is 0 Å². The molecule has 1 nitrogen and oxygen atoms in total. The highest BCUT2D eigenvalue weighted by molar-refractivity contribution is 6.69. The summed E-state index contributed by atoms with van der Waals surface area (Å²) in [5.74, 6) is 0.177. The lowest BCUT2D eigenvalue weighted by molar-refractivity contribution is -0.112. The van der Waals surface area contributed by atoms with Crippen LogP contribution in [0.2, 0.25) is 0 Å². The lowest BCUT2D eigenvalue weighted by Gasteiger charge is -2.09. The van der Waals surface area contributed by atoms with Crippen LogP contribution in [-0.2, 0) is 4.79 Å². The molecule has 0 aliphatic heterocycles. The summed E-state index contributed by atoms with van der Waals surface area (Å²) >= 11 is 10.7. The van der Waals surface area contributed by atoms with Gasteiger partial charge < -0.3 is 0 Å². The van der Waals surface area contributed by atoms with Crippen molar-refractivity contribution in [3.8, 4) is 0 Å².